The van der Waals surface area contributed by atoms with Crippen LogP contribution in [0.25, 0.3) is 87.1 Å². The summed E-state index contributed by atoms with van der Waals surface area (Å²) in [6, 6.07) is 69.8. The molecule has 0 aliphatic heterocycles. The van der Waals surface area contributed by atoms with E-state index in [0.29, 0.717) is 0 Å². The summed E-state index contributed by atoms with van der Waals surface area (Å²) in [6.45, 7) is 21.1. The Kier molecular flexibility index (Phi) is 9.31. The van der Waals surface area contributed by atoms with Gasteiger partial charge in [0.1, 0.15) is 5.65 Å². The maximum Gasteiger partial charge on any atom is 0.146 e. The Morgan fingerprint density at radius 3 is 1.20 bits per heavy atom. The molecule has 0 spiro atoms. The predicted octanol–water partition coefficient (Wildman–Crippen LogP) is 19.4. The number of fused-ring (bicyclic) bond motifs is 15. The Balaban J connectivity index is 1.22. The molecule has 0 fully saturated rings. The van der Waals surface area contributed by atoms with Crippen LogP contribution in [0.15, 0.2) is 194 Å². The van der Waals surface area contributed by atoms with E-state index in [1.165, 1.54) is 87.1 Å². The lowest BCUT2D eigenvalue weighted by molar-refractivity contribution is 0.591. The molecule has 0 atom stereocenters. The Hall–Kier alpha value is -8.41. The first-order valence-corrected chi connectivity index (χ1v) is 26.2. The van der Waals surface area contributed by atoms with Crippen LogP contribution in [-0.2, 0) is 16.2 Å². The average molecular weight is 958 g/mol. The van der Waals surface area contributed by atoms with Gasteiger partial charge in [-0.25, -0.2) is 4.98 Å². The van der Waals surface area contributed by atoms with Crippen LogP contribution < -0.4 is 9.80 Å². The van der Waals surface area contributed by atoms with Gasteiger partial charge in [-0.3, -0.25) is 4.40 Å². The lowest BCUT2D eigenvalue weighted by atomic mass is 9.83. The van der Waals surface area contributed by atoms with E-state index in [4.69, 9.17) is 4.98 Å². The first kappa shape index (κ1) is 44.3. The lowest BCUT2D eigenvalue weighted by Gasteiger charge is -2.29. The molecule has 0 aliphatic carbocycles. The topological polar surface area (TPSA) is 28.2 Å². The van der Waals surface area contributed by atoms with Gasteiger partial charge < -0.3 is 14.2 Å². The van der Waals surface area contributed by atoms with Crippen LogP contribution in [0.2, 0.25) is 0 Å². The Bertz CT molecular complexity index is 4430. The summed E-state index contributed by atoms with van der Waals surface area (Å²) in [4.78, 5) is 10.7. The maximum atomic E-state index is 5.80. The van der Waals surface area contributed by atoms with Crippen LogP contribution in [0, 0.1) is 0 Å². The van der Waals surface area contributed by atoms with Gasteiger partial charge in [-0.15, -0.1) is 0 Å². The van der Waals surface area contributed by atoms with Crippen LogP contribution in [0.4, 0.5) is 34.1 Å². The van der Waals surface area contributed by atoms with Crippen LogP contribution in [0.3, 0.4) is 0 Å². The van der Waals surface area contributed by atoms with E-state index >= 15 is 0 Å². The van der Waals surface area contributed by atoms with Crippen molar-refractivity contribution >= 4 is 121 Å². The molecular formula is C69H59N5. The molecule has 0 unspecified atom stereocenters. The number of aromatic nitrogens is 3. The van der Waals surface area contributed by atoms with Crippen molar-refractivity contribution in [2.75, 3.05) is 9.80 Å². The van der Waals surface area contributed by atoms with Crippen molar-refractivity contribution in [3.63, 3.8) is 0 Å². The molecule has 14 aromatic rings. The summed E-state index contributed by atoms with van der Waals surface area (Å²) in [5, 5.41) is 12.4. The maximum absolute atomic E-state index is 5.80. The smallest absolute Gasteiger partial charge is 0.146 e. The third kappa shape index (κ3) is 6.38. The van der Waals surface area contributed by atoms with Gasteiger partial charge in [-0.2, -0.15) is 0 Å². The van der Waals surface area contributed by atoms with Gasteiger partial charge in [-0.1, -0.05) is 159 Å². The number of hydrogen-bond acceptors (Lipinski definition) is 3. The van der Waals surface area contributed by atoms with Crippen molar-refractivity contribution in [2.45, 2.75) is 78.6 Å². The van der Waals surface area contributed by atoms with E-state index in [9.17, 15) is 0 Å². The van der Waals surface area contributed by atoms with E-state index in [0.717, 1.165) is 50.8 Å². The van der Waals surface area contributed by atoms with Gasteiger partial charge in [0.15, 0.2) is 0 Å². The minimum absolute atomic E-state index is 0.121. The molecule has 9 aromatic carbocycles. The van der Waals surface area contributed by atoms with Gasteiger partial charge in [0.25, 0.3) is 0 Å². The molecule has 5 nitrogen and oxygen atoms in total. The zero-order chi connectivity index (χ0) is 50.6. The molecule has 5 aromatic heterocycles. The third-order valence-electron chi connectivity index (χ3n) is 15.9. The molecule has 360 valence electrons. The monoisotopic (exact) mass is 957 g/mol. The van der Waals surface area contributed by atoms with Crippen molar-refractivity contribution < 1.29 is 0 Å². The highest BCUT2D eigenvalue weighted by molar-refractivity contribution is 6.40. The Labute approximate surface area is 432 Å². The first-order valence-electron chi connectivity index (χ1n) is 26.2. The molecule has 0 aliphatic rings. The number of nitrogens with zero attached hydrogens (tertiary/aromatic N) is 5. The molecule has 5 heteroatoms. The van der Waals surface area contributed by atoms with Gasteiger partial charge in [0.2, 0.25) is 0 Å². The zero-order valence-electron chi connectivity index (χ0n) is 43.7. The van der Waals surface area contributed by atoms with Crippen molar-refractivity contribution in [3.8, 4) is 0 Å². The SMILES string of the molecule is CC(C)(C)c1cc(N(c2ccccc2)c2ccccc2)c2c(c1)c1cc(C(C)(C)C)cc3c4c5c6c7ccccc7cc7c8cc(C(C)(C)C)cc(N(c9ccccc9)c9ccccc9)c8n(c5ncc4n2c13)c76. The first-order chi connectivity index (χ1) is 35.6. The normalized spacial score (nSPS) is 12.9. The van der Waals surface area contributed by atoms with Crippen LogP contribution in [0.5, 0.6) is 0 Å². The van der Waals surface area contributed by atoms with Crippen LogP contribution in [0.1, 0.15) is 79.0 Å². The second-order valence-electron chi connectivity index (χ2n) is 23.7. The average Bonchev–Trinajstić information content (AvgIpc) is 4.13. The van der Waals surface area contributed by atoms with E-state index in [2.05, 4.69) is 275 Å². The Morgan fingerprint density at radius 1 is 0.338 bits per heavy atom. The van der Waals surface area contributed by atoms with E-state index in [1.807, 2.05) is 0 Å². The molecule has 14 rings (SSSR count). The molecule has 5 heterocycles. The second-order valence-corrected chi connectivity index (χ2v) is 23.7. The van der Waals surface area contributed by atoms with E-state index < -0.39 is 0 Å². The van der Waals surface area contributed by atoms with E-state index in [-0.39, 0.29) is 16.2 Å². The van der Waals surface area contributed by atoms with Gasteiger partial charge in [0, 0.05) is 65.8 Å². The minimum atomic E-state index is -0.130. The highest BCUT2D eigenvalue weighted by Gasteiger charge is 2.33. The van der Waals surface area contributed by atoms with Crippen molar-refractivity contribution in [2.24, 2.45) is 0 Å². The molecule has 0 saturated carbocycles. The number of hydrogen-bond donors (Lipinski definition) is 0. The summed E-state index contributed by atoms with van der Waals surface area (Å²) >= 11 is 0. The molecule has 0 saturated heterocycles. The molecule has 0 radical (unpaired) electrons. The Morgan fingerprint density at radius 2 is 0.730 bits per heavy atom. The van der Waals surface area contributed by atoms with Crippen molar-refractivity contribution in [1.82, 2.24) is 13.8 Å². The molecule has 0 bridgehead atoms. The summed E-state index contributed by atoms with van der Waals surface area (Å²) < 4.78 is 5.12. The summed E-state index contributed by atoms with van der Waals surface area (Å²) in [5.41, 5.74) is 17.1. The van der Waals surface area contributed by atoms with Crippen molar-refractivity contribution in [1.29, 1.82) is 0 Å². The van der Waals surface area contributed by atoms with Gasteiger partial charge in [0.05, 0.1) is 45.2 Å². The van der Waals surface area contributed by atoms with E-state index in [1.54, 1.807) is 0 Å². The highest BCUT2D eigenvalue weighted by atomic mass is 15.2. The number of rotatable bonds is 6. The molecule has 0 amide bonds. The zero-order valence-corrected chi connectivity index (χ0v) is 43.7. The van der Waals surface area contributed by atoms with Gasteiger partial charge in [-0.05, 0) is 135 Å². The van der Waals surface area contributed by atoms with Gasteiger partial charge >= 0.3 is 0 Å². The summed E-state index contributed by atoms with van der Waals surface area (Å²) in [7, 11) is 0. The van der Waals surface area contributed by atoms with Crippen LogP contribution >= 0.6 is 0 Å². The summed E-state index contributed by atoms with van der Waals surface area (Å²) in [6.07, 6.45) is 2.20. The molecular weight excluding hydrogens is 899 g/mol. The third-order valence-corrected chi connectivity index (χ3v) is 15.9. The molecule has 0 N–H and O–H groups in total. The largest absolute Gasteiger partial charge is 0.308 e. The number of pyridine rings is 1. The quantitative estimate of drug-likeness (QED) is 0.166. The van der Waals surface area contributed by atoms with Crippen LogP contribution in [-0.4, -0.2) is 13.8 Å². The minimum Gasteiger partial charge on any atom is -0.308 e. The standard InChI is InChI=1S/C69H59N5/c1-67(2,3)43-35-52-54-37-45(69(7,8)9)39-56(71(46-25-14-10-15-26-46)47-27-16-11-17-28-47)63(54)73-58-41-70-66-61(59(58)55(38-43)62(52)73)60-50-33-23-22-24-42(50)34-51-53-36-44(68(4,5)6)40-57(64(53)74(66)65(51)60)72(48-29-18-12-19-30-48)49-31-20-13-21-32-49/h10-41H,1-9H3. The molecule has 74 heavy (non-hydrogen) atoms. The summed E-state index contributed by atoms with van der Waals surface area (Å²) in [5.74, 6) is 0. The fraction of sp³-hybridized carbons (Fsp3) is 0.174. The second kappa shape index (κ2) is 15.6. The number of para-hydroxylation sites is 4. The van der Waals surface area contributed by atoms with Crippen molar-refractivity contribution in [3.05, 3.63) is 211 Å². The number of benzene rings is 9. The fourth-order valence-electron chi connectivity index (χ4n) is 12.2. The fourth-order valence-corrected chi connectivity index (χ4v) is 12.2. The highest BCUT2D eigenvalue weighted by Crippen LogP contribution is 2.54. The number of anilines is 6. The lowest BCUT2D eigenvalue weighted by Crippen LogP contribution is -2.15. The predicted molar refractivity (Wildman–Crippen MR) is 317 cm³/mol.